The molecule has 2 rings (SSSR count). The van der Waals surface area contributed by atoms with E-state index >= 15 is 0 Å². The summed E-state index contributed by atoms with van der Waals surface area (Å²) in [5.41, 5.74) is 4.81. The topological polar surface area (TPSA) is 70.6 Å². The van der Waals surface area contributed by atoms with E-state index in [1.54, 1.807) is 12.1 Å². The van der Waals surface area contributed by atoms with Gasteiger partial charge in [0.15, 0.2) is 15.8 Å². The van der Waals surface area contributed by atoms with Crippen molar-refractivity contribution < 1.29 is 8.42 Å². The van der Waals surface area contributed by atoms with Crippen molar-refractivity contribution in [3.63, 3.8) is 0 Å². The molecule has 0 unspecified atom stereocenters. The Balaban J connectivity index is 0.00000392. The predicted molar refractivity (Wildman–Crippen MR) is 127 cm³/mol. The van der Waals surface area contributed by atoms with Gasteiger partial charge in [0.2, 0.25) is 0 Å². The molecular weight excluding hydrogens is 485 g/mol. The van der Waals surface area contributed by atoms with Crippen LogP contribution in [0.1, 0.15) is 29.2 Å². The Labute approximate surface area is 186 Å². The number of guanidine groups is 1. The largest absolute Gasteiger partial charge is 0.357 e. The Kier molecular flexibility index (Phi) is 9.95. The summed E-state index contributed by atoms with van der Waals surface area (Å²) in [6.07, 6.45) is 2.01. The zero-order valence-electron chi connectivity index (χ0n) is 17.0. The number of aliphatic imine (C=N–C) groups is 1. The molecule has 7 heteroatoms. The van der Waals surface area contributed by atoms with Crippen molar-refractivity contribution in [3.05, 3.63) is 64.7 Å². The lowest BCUT2D eigenvalue weighted by molar-refractivity contribution is 0.602. The Bertz CT molecular complexity index is 894. The lowest BCUT2D eigenvalue weighted by Crippen LogP contribution is -2.38. The van der Waals surface area contributed by atoms with Crippen LogP contribution in [0.4, 0.5) is 0 Å². The van der Waals surface area contributed by atoms with Gasteiger partial charge >= 0.3 is 0 Å². The van der Waals surface area contributed by atoms with Crippen LogP contribution in [-0.4, -0.2) is 33.7 Å². The van der Waals surface area contributed by atoms with E-state index in [-0.39, 0.29) is 24.0 Å². The van der Waals surface area contributed by atoms with Crippen LogP contribution in [0.2, 0.25) is 0 Å². The summed E-state index contributed by atoms with van der Waals surface area (Å²) in [6, 6.07) is 13.4. The summed E-state index contributed by atoms with van der Waals surface area (Å²) in [5.74, 6) is 0.783. The van der Waals surface area contributed by atoms with Gasteiger partial charge in [-0.25, -0.2) is 13.4 Å². The normalized spacial score (nSPS) is 11.6. The molecule has 0 saturated heterocycles. The van der Waals surface area contributed by atoms with Crippen LogP contribution in [0, 0.1) is 13.8 Å². The van der Waals surface area contributed by atoms with E-state index in [2.05, 4.69) is 47.7 Å². The van der Waals surface area contributed by atoms with Crippen LogP contribution in [0.25, 0.3) is 0 Å². The van der Waals surface area contributed by atoms with Crippen LogP contribution in [0.5, 0.6) is 0 Å². The number of nitrogens with zero attached hydrogens (tertiary/aromatic N) is 1. The van der Waals surface area contributed by atoms with E-state index in [4.69, 9.17) is 0 Å². The third-order valence-corrected chi connectivity index (χ3v) is 5.44. The minimum atomic E-state index is -3.15. The maximum absolute atomic E-state index is 11.5. The Morgan fingerprint density at radius 2 is 1.71 bits per heavy atom. The molecule has 0 atom stereocenters. The van der Waals surface area contributed by atoms with Gasteiger partial charge < -0.3 is 10.6 Å². The molecule has 0 aliphatic heterocycles. The first-order chi connectivity index (χ1) is 12.8. The van der Waals surface area contributed by atoms with Crippen molar-refractivity contribution in [2.24, 2.45) is 4.99 Å². The van der Waals surface area contributed by atoms with E-state index in [9.17, 15) is 8.42 Å². The van der Waals surface area contributed by atoms with Crippen molar-refractivity contribution in [1.29, 1.82) is 0 Å². The molecule has 2 aromatic carbocycles. The SMILES string of the molecule is CCNC(=NCc1ccc(C)cc1C)NCCc1ccc(S(C)(=O)=O)cc1.I. The first-order valence-electron chi connectivity index (χ1n) is 9.17. The van der Waals surface area contributed by atoms with Gasteiger partial charge in [0.1, 0.15) is 0 Å². The molecular formula is C21H30IN3O2S. The minimum absolute atomic E-state index is 0. The molecule has 154 valence electrons. The van der Waals surface area contributed by atoms with Gasteiger partial charge in [-0.05, 0) is 56.0 Å². The lowest BCUT2D eigenvalue weighted by atomic mass is 10.1. The zero-order chi connectivity index (χ0) is 19.9. The molecule has 0 radical (unpaired) electrons. The fraction of sp³-hybridized carbons (Fsp3) is 0.381. The number of rotatable bonds is 7. The summed E-state index contributed by atoms with van der Waals surface area (Å²) >= 11 is 0. The molecule has 0 amide bonds. The average Bonchev–Trinajstić information content (AvgIpc) is 2.60. The molecule has 28 heavy (non-hydrogen) atoms. The highest BCUT2D eigenvalue weighted by Gasteiger charge is 2.06. The third-order valence-electron chi connectivity index (χ3n) is 4.31. The first kappa shape index (κ1) is 24.4. The smallest absolute Gasteiger partial charge is 0.191 e. The highest BCUT2D eigenvalue weighted by atomic mass is 127. The van der Waals surface area contributed by atoms with E-state index in [0.29, 0.717) is 11.4 Å². The Morgan fingerprint density at radius 1 is 1.04 bits per heavy atom. The van der Waals surface area contributed by atoms with E-state index < -0.39 is 9.84 Å². The highest BCUT2D eigenvalue weighted by molar-refractivity contribution is 14.0. The van der Waals surface area contributed by atoms with Crippen LogP contribution < -0.4 is 10.6 Å². The number of halogens is 1. The fourth-order valence-corrected chi connectivity index (χ4v) is 3.39. The fourth-order valence-electron chi connectivity index (χ4n) is 2.76. The summed E-state index contributed by atoms with van der Waals surface area (Å²) in [5, 5.41) is 6.59. The summed E-state index contributed by atoms with van der Waals surface area (Å²) < 4.78 is 23.0. The summed E-state index contributed by atoms with van der Waals surface area (Å²) in [4.78, 5) is 5.02. The van der Waals surface area contributed by atoms with Crippen LogP contribution in [-0.2, 0) is 22.8 Å². The van der Waals surface area contributed by atoms with Gasteiger partial charge in [-0.15, -0.1) is 24.0 Å². The number of hydrogen-bond acceptors (Lipinski definition) is 3. The summed E-state index contributed by atoms with van der Waals surface area (Å²) in [7, 11) is -3.15. The monoisotopic (exact) mass is 515 g/mol. The maximum Gasteiger partial charge on any atom is 0.191 e. The van der Waals surface area contributed by atoms with Gasteiger partial charge in [-0.2, -0.15) is 0 Å². The molecule has 0 heterocycles. The van der Waals surface area contributed by atoms with Crippen molar-refractivity contribution in [2.45, 2.75) is 38.6 Å². The Hall–Kier alpha value is -1.61. The number of sulfone groups is 1. The number of benzene rings is 2. The highest BCUT2D eigenvalue weighted by Crippen LogP contribution is 2.12. The molecule has 2 aromatic rings. The first-order valence-corrected chi connectivity index (χ1v) is 11.1. The molecule has 5 nitrogen and oxygen atoms in total. The molecule has 0 aromatic heterocycles. The van der Waals surface area contributed by atoms with Crippen molar-refractivity contribution in [2.75, 3.05) is 19.3 Å². The van der Waals surface area contributed by atoms with Gasteiger partial charge in [0.05, 0.1) is 11.4 Å². The van der Waals surface area contributed by atoms with Crippen molar-refractivity contribution in [1.82, 2.24) is 10.6 Å². The van der Waals surface area contributed by atoms with Crippen LogP contribution in [0.15, 0.2) is 52.4 Å². The van der Waals surface area contributed by atoms with E-state index in [1.165, 1.54) is 22.9 Å². The second kappa shape index (κ2) is 11.4. The molecule has 0 fully saturated rings. The van der Waals surface area contributed by atoms with Crippen LogP contribution >= 0.6 is 24.0 Å². The summed E-state index contributed by atoms with van der Waals surface area (Å²) in [6.45, 7) is 8.38. The van der Waals surface area contributed by atoms with Crippen molar-refractivity contribution in [3.8, 4) is 0 Å². The molecule has 0 saturated carbocycles. The molecule has 0 aliphatic rings. The molecule has 0 aliphatic carbocycles. The minimum Gasteiger partial charge on any atom is -0.357 e. The number of aryl methyl sites for hydroxylation is 2. The predicted octanol–water partition coefficient (Wildman–Crippen LogP) is 3.62. The van der Waals surface area contributed by atoms with E-state index in [1.807, 2.05) is 19.1 Å². The number of hydrogen-bond donors (Lipinski definition) is 2. The third kappa shape index (κ3) is 7.79. The van der Waals surface area contributed by atoms with E-state index in [0.717, 1.165) is 31.0 Å². The van der Waals surface area contributed by atoms with Crippen LogP contribution in [0.3, 0.4) is 0 Å². The van der Waals surface area contributed by atoms with Gasteiger partial charge in [-0.3, -0.25) is 0 Å². The van der Waals surface area contributed by atoms with Crippen molar-refractivity contribution >= 4 is 39.8 Å². The quantitative estimate of drug-likeness (QED) is 0.336. The number of nitrogens with one attached hydrogen (secondary N) is 2. The standard InChI is InChI=1S/C21H29N3O2S.HI/c1-5-22-21(24-15-19-9-6-16(2)14-17(19)3)23-13-12-18-7-10-20(11-8-18)27(4,25)26;/h6-11,14H,5,12-13,15H2,1-4H3,(H2,22,23,24);1H. The second-order valence-corrected chi connectivity index (χ2v) is 8.73. The van der Waals surface area contributed by atoms with Gasteiger partial charge in [0.25, 0.3) is 0 Å². The molecule has 2 N–H and O–H groups in total. The second-order valence-electron chi connectivity index (χ2n) is 6.72. The average molecular weight is 515 g/mol. The molecule has 0 bridgehead atoms. The lowest BCUT2D eigenvalue weighted by Gasteiger charge is -2.12. The maximum atomic E-state index is 11.5. The van der Waals surface area contributed by atoms with Gasteiger partial charge in [-0.1, -0.05) is 35.9 Å². The molecule has 0 spiro atoms. The Morgan fingerprint density at radius 3 is 2.29 bits per heavy atom. The zero-order valence-corrected chi connectivity index (χ0v) is 20.1. The van der Waals surface area contributed by atoms with Gasteiger partial charge in [0, 0.05) is 19.3 Å².